The zero-order valence-corrected chi connectivity index (χ0v) is 31.9. The predicted molar refractivity (Wildman–Crippen MR) is 230 cm³/mol. The lowest BCUT2D eigenvalue weighted by atomic mass is 9.88. The molecule has 264 valence electrons. The number of aromatic amines is 1. The van der Waals surface area contributed by atoms with Gasteiger partial charge >= 0.3 is 0 Å². The lowest BCUT2D eigenvalue weighted by molar-refractivity contribution is 0.811. The van der Waals surface area contributed by atoms with Crippen molar-refractivity contribution in [3.8, 4) is 50.5 Å². The summed E-state index contributed by atoms with van der Waals surface area (Å²) < 4.78 is 2.44. The van der Waals surface area contributed by atoms with Crippen LogP contribution in [0.4, 0.5) is 0 Å². The molecule has 0 fully saturated rings. The predicted octanol–water partition coefficient (Wildman–Crippen LogP) is 14.2. The first-order chi connectivity index (χ1) is 26.3. The summed E-state index contributed by atoms with van der Waals surface area (Å²) in [6.45, 7) is 13.7. The van der Waals surface area contributed by atoms with Gasteiger partial charge in [-0.25, -0.2) is 4.98 Å². The summed E-state index contributed by atoms with van der Waals surface area (Å²) in [6.07, 6.45) is 0. The van der Waals surface area contributed by atoms with Crippen LogP contribution in [-0.4, -0.2) is 14.5 Å². The van der Waals surface area contributed by atoms with Crippen LogP contribution in [-0.2, 0) is 0 Å². The van der Waals surface area contributed by atoms with Crippen LogP contribution in [0.1, 0.15) is 61.8 Å². The van der Waals surface area contributed by atoms with E-state index in [0.29, 0.717) is 11.8 Å². The maximum Gasteiger partial charge on any atom is 0.145 e. The molecule has 0 radical (unpaired) electrons. The molecule has 0 aliphatic rings. The average molecular weight is 700 g/mol. The second kappa shape index (κ2) is 13.3. The number of hydrogen-bond acceptors (Lipinski definition) is 1. The second-order valence-electron chi connectivity index (χ2n) is 15.4. The van der Waals surface area contributed by atoms with Crippen LogP contribution >= 0.6 is 0 Å². The summed E-state index contributed by atoms with van der Waals surface area (Å²) in [5, 5.41) is 2.50. The number of aryl methyl sites for hydroxylation is 2. The van der Waals surface area contributed by atoms with E-state index in [1.807, 2.05) is 0 Å². The molecule has 2 heterocycles. The van der Waals surface area contributed by atoms with Gasteiger partial charge in [-0.05, 0) is 118 Å². The van der Waals surface area contributed by atoms with Crippen LogP contribution < -0.4 is 0 Å². The Bertz CT molecular complexity index is 2820. The number of para-hydroxylation sites is 5. The van der Waals surface area contributed by atoms with E-state index < -0.39 is 0 Å². The molecule has 1 N–H and O–H groups in total. The first kappa shape index (κ1) is 33.6. The first-order valence-corrected chi connectivity index (χ1v) is 19.2. The normalized spacial score (nSPS) is 11.9. The number of nitrogens with one attached hydrogen (secondary N) is 1. The van der Waals surface area contributed by atoms with Crippen molar-refractivity contribution in [1.29, 1.82) is 0 Å². The molecule has 3 heteroatoms. The maximum absolute atomic E-state index is 5.45. The van der Waals surface area contributed by atoms with Gasteiger partial charge in [0.25, 0.3) is 0 Å². The summed E-state index contributed by atoms with van der Waals surface area (Å²) in [4.78, 5) is 9.20. The number of nitrogens with zero attached hydrogens (tertiary/aromatic N) is 2. The fraction of sp³-hybridized carbons (Fsp3) is 0.157. The summed E-state index contributed by atoms with van der Waals surface area (Å²) in [5.74, 6) is 1.64. The molecule has 0 bridgehead atoms. The largest absolute Gasteiger partial charge is 0.354 e. The molecule has 54 heavy (non-hydrogen) atoms. The first-order valence-electron chi connectivity index (χ1n) is 19.2. The minimum absolute atomic E-state index is 0.342. The van der Waals surface area contributed by atoms with E-state index in [0.717, 1.165) is 27.9 Å². The van der Waals surface area contributed by atoms with Crippen molar-refractivity contribution < 1.29 is 0 Å². The Kier molecular flexibility index (Phi) is 8.31. The molecule has 0 amide bonds. The van der Waals surface area contributed by atoms with E-state index in [9.17, 15) is 0 Å². The molecule has 9 aromatic rings. The van der Waals surface area contributed by atoms with Crippen LogP contribution in [0.25, 0.3) is 83.3 Å². The number of benzene rings is 7. The van der Waals surface area contributed by atoms with Crippen LogP contribution in [0.15, 0.2) is 146 Å². The Morgan fingerprint density at radius 2 is 1.13 bits per heavy atom. The zero-order valence-electron chi connectivity index (χ0n) is 31.9. The molecule has 0 spiro atoms. The fourth-order valence-electron chi connectivity index (χ4n) is 8.48. The number of imidazole rings is 1. The Morgan fingerprint density at radius 1 is 0.500 bits per heavy atom. The van der Waals surface area contributed by atoms with Gasteiger partial charge in [-0.15, -0.1) is 0 Å². The van der Waals surface area contributed by atoms with Gasteiger partial charge in [-0.3, -0.25) is 4.57 Å². The lowest BCUT2D eigenvalue weighted by Gasteiger charge is -2.23. The Hall–Kier alpha value is -6.19. The number of aromatic nitrogens is 3. The van der Waals surface area contributed by atoms with E-state index in [-0.39, 0.29) is 0 Å². The maximum atomic E-state index is 5.45. The van der Waals surface area contributed by atoms with Crippen LogP contribution in [0, 0.1) is 13.8 Å². The monoisotopic (exact) mass is 699 g/mol. The Balaban J connectivity index is 1.32. The molecule has 0 atom stereocenters. The summed E-state index contributed by atoms with van der Waals surface area (Å²) in [6, 6.07) is 53.2. The smallest absolute Gasteiger partial charge is 0.145 e. The third-order valence-corrected chi connectivity index (χ3v) is 11.1. The average Bonchev–Trinajstić information content (AvgIpc) is 3.77. The van der Waals surface area contributed by atoms with Crippen molar-refractivity contribution in [2.45, 2.75) is 53.4 Å². The van der Waals surface area contributed by atoms with Gasteiger partial charge in [-0.1, -0.05) is 131 Å². The molecule has 3 nitrogen and oxygen atoms in total. The molecule has 0 unspecified atom stereocenters. The van der Waals surface area contributed by atoms with Crippen molar-refractivity contribution in [2.75, 3.05) is 0 Å². The molecular formula is C51H45N3. The van der Waals surface area contributed by atoms with Crippen molar-refractivity contribution in [1.82, 2.24) is 14.5 Å². The SMILES string of the molecule is Cc1cc(C)c(-c2cccc3c2[nH]c2ccccc23)cc1-c1cc(-c2ccccc2)cc(-c2nc3ccccc3n2-c2c(C(C)C)cccc2C(C)C)c1. The van der Waals surface area contributed by atoms with Crippen LogP contribution in [0.5, 0.6) is 0 Å². The van der Waals surface area contributed by atoms with E-state index in [2.05, 4.69) is 197 Å². The standard InChI is InChI=1S/C51H45N3/c1-31(2)39-19-14-20-40(32(3)4)50(39)54-48-25-13-12-24-47(48)53-51(54)38-28-36(35-16-8-7-9-17-35)27-37(29-38)44-30-45(34(6)26-33(44)5)43-22-15-21-42-41-18-10-11-23-46(41)52-49(42)43/h7-32,52H,1-6H3. The van der Waals surface area contributed by atoms with Crippen molar-refractivity contribution in [3.05, 3.63) is 168 Å². The molecule has 0 saturated heterocycles. The Labute approximate surface area is 318 Å². The molecule has 7 aromatic carbocycles. The molecule has 0 saturated carbocycles. The molecule has 9 rings (SSSR count). The number of H-pyrrole nitrogens is 1. The van der Waals surface area contributed by atoms with Crippen LogP contribution in [0.3, 0.4) is 0 Å². The highest BCUT2D eigenvalue weighted by molar-refractivity contribution is 6.12. The van der Waals surface area contributed by atoms with Gasteiger partial charge in [0.05, 0.1) is 22.2 Å². The lowest BCUT2D eigenvalue weighted by Crippen LogP contribution is -2.08. The second-order valence-corrected chi connectivity index (χ2v) is 15.4. The minimum Gasteiger partial charge on any atom is -0.354 e. The fourth-order valence-corrected chi connectivity index (χ4v) is 8.48. The van der Waals surface area contributed by atoms with Crippen molar-refractivity contribution in [3.63, 3.8) is 0 Å². The summed E-state index contributed by atoms with van der Waals surface area (Å²) in [5.41, 5.74) is 19.1. The highest BCUT2D eigenvalue weighted by Gasteiger charge is 2.23. The minimum atomic E-state index is 0.342. The third-order valence-electron chi connectivity index (χ3n) is 11.1. The highest BCUT2D eigenvalue weighted by atomic mass is 15.1. The molecule has 0 aliphatic carbocycles. The number of hydrogen-bond donors (Lipinski definition) is 1. The quantitative estimate of drug-likeness (QED) is 0.176. The van der Waals surface area contributed by atoms with Gasteiger partial charge in [0.1, 0.15) is 5.82 Å². The van der Waals surface area contributed by atoms with Gasteiger partial charge < -0.3 is 4.98 Å². The van der Waals surface area contributed by atoms with E-state index in [1.54, 1.807) is 0 Å². The van der Waals surface area contributed by atoms with Gasteiger partial charge in [0.15, 0.2) is 0 Å². The molecular weight excluding hydrogens is 655 g/mol. The highest BCUT2D eigenvalue weighted by Crippen LogP contribution is 2.42. The Morgan fingerprint density at radius 3 is 1.91 bits per heavy atom. The summed E-state index contributed by atoms with van der Waals surface area (Å²) >= 11 is 0. The number of fused-ring (bicyclic) bond motifs is 4. The van der Waals surface area contributed by atoms with Crippen molar-refractivity contribution in [2.24, 2.45) is 0 Å². The van der Waals surface area contributed by atoms with E-state index in [4.69, 9.17) is 4.98 Å². The van der Waals surface area contributed by atoms with Gasteiger partial charge in [0.2, 0.25) is 0 Å². The van der Waals surface area contributed by atoms with E-state index >= 15 is 0 Å². The van der Waals surface area contributed by atoms with E-state index in [1.165, 1.54) is 77.6 Å². The summed E-state index contributed by atoms with van der Waals surface area (Å²) in [7, 11) is 0. The molecule has 2 aromatic heterocycles. The van der Waals surface area contributed by atoms with Gasteiger partial charge in [-0.2, -0.15) is 0 Å². The third kappa shape index (κ3) is 5.63. The molecule has 0 aliphatic heterocycles. The van der Waals surface area contributed by atoms with Gasteiger partial charge in [0, 0.05) is 27.4 Å². The topological polar surface area (TPSA) is 33.6 Å². The zero-order chi connectivity index (χ0) is 37.1. The van der Waals surface area contributed by atoms with Crippen molar-refractivity contribution >= 4 is 32.8 Å². The van der Waals surface area contributed by atoms with Crippen LogP contribution in [0.2, 0.25) is 0 Å². The number of rotatable bonds is 7.